The number of hydrogen-bond donors (Lipinski definition) is 0. The minimum atomic E-state index is -2.74. The quantitative estimate of drug-likeness (QED) is 0.510. The average Bonchev–Trinajstić information content (AvgIpc) is 3.18. The molecule has 2 heterocycles. The second-order valence-corrected chi connectivity index (χ2v) is 4.97. The van der Waals surface area contributed by atoms with Crippen LogP contribution in [-0.2, 0) is 17.9 Å². The van der Waals surface area contributed by atoms with Gasteiger partial charge >= 0.3 is 6.55 Å². The molecule has 0 radical (unpaired) electrons. The standard InChI is InChI=1S/C15H15F2N5O2/c1-3-12-19-20-13(24-12)8-23-21-9(2)14-18-10-6-4-5-7-11(10)22(14)15(16)17/h4-7,15H,3,8H2,1-2H3. The summed E-state index contributed by atoms with van der Waals surface area (Å²) in [4.78, 5) is 9.32. The Kier molecular flexibility index (Phi) is 4.50. The molecule has 0 aliphatic rings. The average molecular weight is 335 g/mol. The molecule has 1 aromatic carbocycles. The molecule has 7 nitrogen and oxygen atoms in total. The fourth-order valence-electron chi connectivity index (χ4n) is 2.21. The van der Waals surface area contributed by atoms with Crippen molar-refractivity contribution >= 4 is 16.7 Å². The first-order valence-electron chi connectivity index (χ1n) is 7.33. The van der Waals surface area contributed by atoms with Gasteiger partial charge in [-0.05, 0) is 19.1 Å². The Hall–Kier alpha value is -2.84. The molecular formula is C15H15F2N5O2. The maximum Gasteiger partial charge on any atom is 0.320 e. The van der Waals surface area contributed by atoms with E-state index in [1.807, 2.05) is 6.92 Å². The number of para-hydroxylation sites is 2. The van der Waals surface area contributed by atoms with Crippen LogP contribution in [0.4, 0.5) is 8.78 Å². The second-order valence-electron chi connectivity index (χ2n) is 4.97. The lowest BCUT2D eigenvalue weighted by molar-refractivity contribution is 0.0733. The van der Waals surface area contributed by atoms with Gasteiger partial charge in [-0.3, -0.25) is 4.57 Å². The number of aryl methyl sites for hydroxylation is 1. The number of alkyl halides is 2. The van der Waals surface area contributed by atoms with E-state index < -0.39 is 6.55 Å². The van der Waals surface area contributed by atoms with Crippen molar-refractivity contribution in [1.82, 2.24) is 19.7 Å². The first-order chi connectivity index (χ1) is 11.6. The van der Waals surface area contributed by atoms with Crippen LogP contribution in [0.5, 0.6) is 0 Å². The first kappa shape index (κ1) is 16.0. The van der Waals surface area contributed by atoms with Crippen molar-refractivity contribution in [2.75, 3.05) is 0 Å². The molecule has 0 saturated heterocycles. The number of rotatable bonds is 6. The molecule has 126 valence electrons. The molecule has 0 atom stereocenters. The molecule has 0 fully saturated rings. The lowest BCUT2D eigenvalue weighted by Crippen LogP contribution is -2.10. The van der Waals surface area contributed by atoms with Gasteiger partial charge in [-0.2, -0.15) is 8.78 Å². The van der Waals surface area contributed by atoms with Crippen molar-refractivity contribution in [3.8, 4) is 0 Å². The van der Waals surface area contributed by atoms with E-state index in [9.17, 15) is 8.78 Å². The maximum atomic E-state index is 13.4. The summed E-state index contributed by atoms with van der Waals surface area (Å²) >= 11 is 0. The van der Waals surface area contributed by atoms with Crippen molar-refractivity contribution in [3.05, 3.63) is 41.9 Å². The van der Waals surface area contributed by atoms with Crippen molar-refractivity contribution in [2.24, 2.45) is 5.16 Å². The SMILES string of the molecule is CCc1nnc(CON=C(C)c2nc3ccccc3n2C(F)F)o1. The fourth-order valence-corrected chi connectivity index (χ4v) is 2.21. The molecule has 0 bridgehead atoms. The molecular weight excluding hydrogens is 320 g/mol. The van der Waals surface area contributed by atoms with Crippen molar-refractivity contribution in [3.63, 3.8) is 0 Å². The van der Waals surface area contributed by atoms with E-state index >= 15 is 0 Å². The van der Waals surface area contributed by atoms with Gasteiger partial charge in [0.15, 0.2) is 12.4 Å². The molecule has 3 rings (SSSR count). The largest absolute Gasteiger partial charge is 0.421 e. The van der Waals surface area contributed by atoms with E-state index in [-0.39, 0.29) is 24.0 Å². The number of halogens is 2. The summed E-state index contributed by atoms with van der Waals surface area (Å²) in [5.74, 6) is 0.811. The molecule has 24 heavy (non-hydrogen) atoms. The Morgan fingerprint density at radius 1 is 1.29 bits per heavy atom. The van der Waals surface area contributed by atoms with E-state index in [1.54, 1.807) is 31.2 Å². The van der Waals surface area contributed by atoms with Gasteiger partial charge in [0.05, 0.1) is 11.0 Å². The Morgan fingerprint density at radius 3 is 2.75 bits per heavy atom. The molecule has 0 spiro atoms. The maximum absolute atomic E-state index is 13.4. The highest BCUT2D eigenvalue weighted by atomic mass is 19.3. The Bertz CT molecular complexity index is 872. The summed E-state index contributed by atoms with van der Waals surface area (Å²) in [6.45, 7) is 0.653. The number of oxime groups is 1. The molecule has 0 aliphatic heterocycles. The number of benzene rings is 1. The predicted molar refractivity (Wildman–Crippen MR) is 81.7 cm³/mol. The van der Waals surface area contributed by atoms with Gasteiger partial charge in [0, 0.05) is 6.42 Å². The van der Waals surface area contributed by atoms with Crippen LogP contribution >= 0.6 is 0 Å². The summed E-state index contributed by atoms with van der Waals surface area (Å²) in [5, 5.41) is 11.4. The third-order valence-corrected chi connectivity index (χ3v) is 3.32. The second kappa shape index (κ2) is 6.73. The van der Waals surface area contributed by atoms with Crippen LogP contribution in [0.15, 0.2) is 33.8 Å². The fraction of sp³-hybridized carbons (Fsp3) is 0.333. The molecule has 3 aromatic rings. The van der Waals surface area contributed by atoms with E-state index in [0.29, 0.717) is 23.3 Å². The lowest BCUT2D eigenvalue weighted by atomic mass is 10.3. The van der Waals surface area contributed by atoms with Crippen molar-refractivity contribution < 1.29 is 18.0 Å². The van der Waals surface area contributed by atoms with Crippen LogP contribution in [0.1, 0.15) is 38.0 Å². The summed E-state index contributed by atoms with van der Waals surface area (Å²) in [6.07, 6.45) is 0.619. The van der Waals surface area contributed by atoms with Crippen LogP contribution < -0.4 is 0 Å². The van der Waals surface area contributed by atoms with Crippen molar-refractivity contribution in [2.45, 2.75) is 33.4 Å². The Balaban J connectivity index is 1.82. The summed E-state index contributed by atoms with van der Waals surface area (Å²) in [7, 11) is 0. The zero-order chi connectivity index (χ0) is 17.1. The molecule has 0 aliphatic carbocycles. The third kappa shape index (κ3) is 3.10. The summed E-state index contributed by atoms with van der Waals surface area (Å²) < 4.78 is 32.8. The summed E-state index contributed by atoms with van der Waals surface area (Å²) in [5.41, 5.74) is 1.02. The van der Waals surface area contributed by atoms with Gasteiger partial charge in [0.1, 0.15) is 5.71 Å². The van der Waals surface area contributed by atoms with Crippen LogP contribution in [0.2, 0.25) is 0 Å². The molecule has 9 heteroatoms. The molecule has 2 aromatic heterocycles. The van der Waals surface area contributed by atoms with Gasteiger partial charge in [-0.25, -0.2) is 4.98 Å². The van der Waals surface area contributed by atoms with Crippen LogP contribution in [0.25, 0.3) is 11.0 Å². The van der Waals surface area contributed by atoms with Crippen molar-refractivity contribution in [1.29, 1.82) is 0 Å². The Labute approximate surface area is 135 Å². The van der Waals surface area contributed by atoms with Gasteiger partial charge in [0.2, 0.25) is 5.89 Å². The monoisotopic (exact) mass is 335 g/mol. The number of nitrogens with zero attached hydrogens (tertiary/aromatic N) is 5. The van der Waals surface area contributed by atoms with E-state index in [4.69, 9.17) is 9.25 Å². The van der Waals surface area contributed by atoms with Gasteiger partial charge in [-0.15, -0.1) is 10.2 Å². The zero-order valence-corrected chi connectivity index (χ0v) is 13.1. The lowest BCUT2D eigenvalue weighted by Gasteiger charge is -2.06. The van der Waals surface area contributed by atoms with E-state index in [2.05, 4.69) is 20.3 Å². The molecule has 0 amide bonds. The Morgan fingerprint density at radius 2 is 2.04 bits per heavy atom. The number of aromatic nitrogens is 4. The van der Waals surface area contributed by atoms with Gasteiger partial charge in [-0.1, -0.05) is 24.2 Å². The van der Waals surface area contributed by atoms with Crippen LogP contribution in [0, 0.1) is 0 Å². The highest BCUT2D eigenvalue weighted by molar-refractivity contribution is 5.98. The van der Waals surface area contributed by atoms with Gasteiger partial charge in [0.25, 0.3) is 5.89 Å². The van der Waals surface area contributed by atoms with E-state index in [0.717, 1.165) is 4.57 Å². The normalized spacial score (nSPS) is 12.3. The predicted octanol–water partition coefficient (Wildman–Crippen LogP) is 3.32. The van der Waals surface area contributed by atoms with Crippen LogP contribution in [-0.4, -0.2) is 25.5 Å². The van der Waals surface area contributed by atoms with E-state index in [1.165, 1.54) is 0 Å². The smallest absolute Gasteiger partial charge is 0.320 e. The topological polar surface area (TPSA) is 78.3 Å². The van der Waals surface area contributed by atoms with Crippen LogP contribution in [0.3, 0.4) is 0 Å². The minimum absolute atomic E-state index is 0.0424. The number of hydrogen-bond acceptors (Lipinski definition) is 6. The number of imidazole rings is 1. The molecule has 0 N–H and O–H groups in total. The first-order valence-corrected chi connectivity index (χ1v) is 7.33. The minimum Gasteiger partial charge on any atom is -0.421 e. The highest BCUT2D eigenvalue weighted by Gasteiger charge is 2.19. The third-order valence-electron chi connectivity index (χ3n) is 3.32. The van der Waals surface area contributed by atoms with Gasteiger partial charge < -0.3 is 9.25 Å². The molecule has 0 unspecified atom stereocenters. The zero-order valence-electron chi connectivity index (χ0n) is 13.1. The highest BCUT2D eigenvalue weighted by Crippen LogP contribution is 2.23. The summed E-state index contributed by atoms with van der Waals surface area (Å²) in [6, 6.07) is 6.66. The molecule has 0 saturated carbocycles. The number of fused-ring (bicyclic) bond motifs is 1.